The summed E-state index contributed by atoms with van der Waals surface area (Å²) in [6.07, 6.45) is -3.32. The number of carbonyl (C=O) groups is 1. The zero-order valence-corrected chi connectivity index (χ0v) is 10.4. The van der Waals surface area contributed by atoms with Crippen molar-refractivity contribution in [2.24, 2.45) is 0 Å². The van der Waals surface area contributed by atoms with Crippen LogP contribution in [0.1, 0.15) is 21.6 Å². The highest BCUT2D eigenvalue weighted by atomic mass is 19.4. The first-order valence-electron chi connectivity index (χ1n) is 5.69. The number of ether oxygens (including phenoxy) is 1. The number of carbonyl (C=O) groups excluding carboxylic acids is 1. The molecule has 0 aliphatic carbocycles. The van der Waals surface area contributed by atoms with Gasteiger partial charge in [-0.05, 0) is 31.2 Å². The quantitative estimate of drug-likeness (QED) is 0.623. The Morgan fingerprint density at radius 2 is 1.85 bits per heavy atom. The van der Waals surface area contributed by atoms with Crippen LogP contribution < -0.4 is 4.74 Å². The third kappa shape index (κ3) is 3.14. The third-order valence-corrected chi connectivity index (χ3v) is 2.54. The lowest BCUT2D eigenvalue weighted by molar-refractivity contribution is -0.138. The van der Waals surface area contributed by atoms with E-state index in [-0.39, 0.29) is 5.56 Å². The molecule has 20 heavy (non-hydrogen) atoms. The van der Waals surface area contributed by atoms with E-state index in [1.807, 2.05) is 0 Å². The lowest BCUT2D eigenvalue weighted by atomic mass is 10.2. The number of rotatable bonds is 2. The molecular weight excluding hydrogens is 271 g/mol. The molecule has 1 aromatic heterocycles. The average Bonchev–Trinajstić information content (AvgIpc) is 2.38. The van der Waals surface area contributed by atoms with Crippen LogP contribution in [0.4, 0.5) is 13.2 Å². The Kier molecular flexibility index (Phi) is 3.74. The van der Waals surface area contributed by atoms with Crippen LogP contribution in [0.25, 0.3) is 0 Å². The van der Waals surface area contributed by atoms with Gasteiger partial charge in [-0.2, -0.15) is 13.2 Å². The molecule has 0 bridgehead atoms. The van der Waals surface area contributed by atoms with Crippen molar-refractivity contribution in [2.75, 3.05) is 0 Å². The van der Waals surface area contributed by atoms with Crippen molar-refractivity contribution in [1.29, 1.82) is 0 Å². The summed E-state index contributed by atoms with van der Waals surface area (Å²) in [5.41, 5.74) is -0.210. The Bertz CT molecular complexity index is 621. The van der Waals surface area contributed by atoms with Crippen LogP contribution in [0.15, 0.2) is 42.6 Å². The maximum absolute atomic E-state index is 12.8. The van der Waals surface area contributed by atoms with Gasteiger partial charge in [0.1, 0.15) is 5.75 Å². The van der Waals surface area contributed by atoms with Crippen LogP contribution in [-0.2, 0) is 6.18 Å². The maximum Gasteiger partial charge on any atom is 0.419 e. The molecule has 6 heteroatoms. The van der Waals surface area contributed by atoms with E-state index >= 15 is 0 Å². The summed E-state index contributed by atoms with van der Waals surface area (Å²) in [5, 5.41) is 0. The molecule has 0 aliphatic heterocycles. The summed E-state index contributed by atoms with van der Waals surface area (Å²) in [4.78, 5) is 15.7. The average molecular weight is 281 g/mol. The minimum absolute atomic E-state index is 0.0903. The predicted molar refractivity (Wildman–Crippen MR) is 65.4 cm³/mol. The molecule has 0 saturated carbocycles. The number of esters is 1. The summed E-state index contributed by atoms with van der Waals surface area (Å²) in [7, 11) is 0. The van der Waals surface area contributed by atoms with Gasteiger partial charge in [0, 0.05) is 11.9 Å². The zero-order valence-electron chi connectivity index (χ0n) is 10.4. The number of halogens is 3. The van der Waals surface area contributed by atoms with E-state index in [2.05, 4.69) is 4.98 Å². The standard InChI is InChI=1S/C14H10F3NO2/c1-9-6-7-10(8-18-9)13(19)20-12-5-3-2-4-11(12)14(15,16)17/h2-8H,1H3. The summed E-state index contributed by atoms with van der Waals surface area (Å²) < 4.78 is 43.1. The van der Waals surface area contributed by atoms with E-state index in [0.29, 0.717) is 5.69 Å². The summed E-state index contributed by atoms with van der Waals surface area (Å²) in [6.45, 7) is 1.73. The zero-order chi connectivity index (χ0) is 14.8. The molecule has 0 saturated heterocycles. The van der Waals surface area contributed by atoms with Gasteiger partial charge < -0.3 is 4.74 Å². The van der Waals surface area contributed by atoms with Crippen LogP contribution in [0.2, 0.25) is 0 Å². The lowest BCUT2D eigenvalue weighted by Crippen LogP contribution is -2.14. The number of alkyl halides is 3. The second kappa shape index (κ2) is 5.32. The van der Waals surface area contributed by atoms with E-state index in [9.17, 15) is 18.0 Å². The summed E-state index contributed by atoms with van der Waals surface area (Å²) >= 11 is 0. The molecule has 0 fully saturated rings. The number of hydrogen-bond acceptors (Lipinski definition) is 3. The Morgan fingerprint density at radius 3 is 2.45 bits per heavy atom. The number of benzene rings is 1. The van der Waals surface area contributed by atoms with Gasteiger partial charge in [0.2, 0.25) is 0 Å². The number of pyridine rings is 1. The summed E-state index contributed by atoms with van der Waals surface area (Å²) in [6, 6.07) is 7.57. The molecule has 0 radical (unpaired) electrons. The minimum atomic E-state index is -4.58. The van der Waals surface area contributed by atoms with Gasteiger partial charge in [-0.1, -0.05) is 12.1 Å². The monoisotopic (exact) mass is 281 g/mol. The first-order valence-corrected chi connectivity index (χ1v) is 5.69. The normalized spacial score (nSPS) is 11.2. The van der Waals surface area contributed by atoms with Crippen molar-refractivity contribution in [2.45, 2.75) is 13.1 Å². The first kappa shape index (κ1) is 14.0. The molecule has 0 aliphatic rings. The van der Waals surface area contributed by atoms with Crippen molar-refractivity contribution in [3.8, 4) is 5.75 Å². The minimum Gasteiger partial charge on any atom is -0.422 e. The second-order valence-electron chi connectivity index (χ2n) is 4.07. The Labute approximate surface area is 113 Å². The van der Waals surface area contributed by atoms with Gasteiger partial charge >= 0.3 is 12.1 Å². The molecule has 0 amide bonds. The van der Waals surface area contributed by atoms with Gasteiger partial charge in [0.05, 0.1) is 11.1 Å². The largest absolute Gasteiger partial charge is 0.422 e. The molecule has 1 aromatic carbocycles. The second-order valence-corrected chi connectivity index (χ2v) is 4.07. The Balaban J connectivity index is 2.26. The van der Waals surface area contributed by atoms with Crippen molar-refractivity contribution in [3.05, 3.63) is 59.4 Å². The van der Waals surface area contributed by atoms with Crippen LogP contribution in [0.3, 0.4) is 0 Å². The smallest absolute Gasteiger partial charge is 0.419 e. The van der Waals surface area contributed by atoms with Crippen molar-refractivity contribution >= 4 is 5.97 Å². The molecule has 0 unspecified atom stereocenters. The van der Waals surface area contributed by atoms with Crippen molar-refractivity contribution in [1.82, 2.24) is 4.98 Å². The molecule has 2 aromatic rings. The van der Waals surface area contributed by atoms with Crippen molar-refractivity contribution in [3.63, 3.8) is 0 Å². The van der Waals surface area contributed by atoms with E-state index < -0.39 is 23.5 Å². The number of aromatic nitrogens is 1. The van der Waals surface area contributed by atoms with Crippen LogP contribution in [-0.4, -0.2) is 11.0 Å². The predicted octanol–water partition coefficient (Wildman–Crippen LogP) is 3.63. The molecule has 2 rings (SSSR count). The lowest BCUT2D eigenvalue weighted by Gasteiger charge is -2.12. The summed E-state index contributed by atoms with van der Waals surface area (Å²) in [5.74, 6) is -1.40. The molecule has 0 atom stereocenters. The topological polar surface area (TPSA) is 39.2 Å². The van der Waals surface area contributed by atoms with Gasteiger partial charge in [0.25, 0.3) is 0 Å². The number of hydrogen-bond donors (Lipinski definition) is 0. The van der Waals surface area contributed by atoms with E-state index in [4.69, 9.17) is 4.74 Å². The van der Waals surface area contributed by atoms with Crippen molar-refractivity contribution < 1.29 is 22.7 Å². The van der Waals surface area contributed by atoms with E-state index in [0.717, 1.165) is 12.1 Å². The van der Waals surface area contributed by atoms with Crippen LogP contribution in [0.5, 0.6) is 5.75 Å². The Morgan fingerprint density at radius 1 is 1.15 bits per heavy atom. The fraction of sp³-hybridized carbons (Fsp3) is 0.143. The SMILES string of the molecule is Cc1ccc(C(=O)Oc2ccccc2C(F)(F)F)cn1. The fourth-order valence-electron chi connectivity index (χ4n) is 1.54. The van der Waals surface area contributed by atoms with E-state index in [1.165, 1.54) is 24.4 Å². The van der Waals surface area contributed by atoms with Gasteiger partial charge in [0.15, 0.2) is 0 Å². The maximum atomic E-state index is 12.8. The molecule has 1 heterocycles. The molecule has 104 valence electrons. The highest BCUT2D eigenvalue weighted by Gasteiger charge is 2.34. The van der Waals surface area contributed by atoms with E-state index in [1.54, 1.807) is 13.0 Å². The fourth-order valence-corrected chi connectivity index (χ4v) is 1.54. The van der Waals surface area contributed by atoms with Gasteiger partial charge in [-0.3, -0.25) is 4.98 Å². The Hall–Kier alpha value is -2.37. The molecule has 0 N–H and O–H groups in total. The van der Waals surface area contributed by atoms with Gasteiger partial charge in [-0.15, -0.1) is 0 Å². The number of nitrogens with zero attached hydrogens (tertiary/aromatic N) is 1. The number of aryl methyl sites for hydroxylation is 1. The molecular formula is C14H10F3NO2. The highest BCUT2D eigenvalue weighted by molar-refractivity contribution is 5.90. The molecule has 0 spiro atoms. The highest BCUT2D eigenvalue weighted by Crippen LogP contribution is 2.36. The molecule has 3 nitrogen and oxygen atoms in total. The number of para-hydroxylation sites is 1. The third-order valence-electron chi connectivity index (χ3n) is 2.54. The van der Waals surface area contributed by atoms with Gasteiger partial charge in [-0.25, -0.2) is 4.79 Å². The first-order chi connectivity index (χ1) is 9.38. The van der Waals surface area contributed by atoms with Crippen LogP contribution >= 0.6 is 0 Å². The van der Waals surface area contributed by atoms with Crippen LogP contribution in [0, 0.1) is 6.92 Å².